The summed E-state index contributed by atoms with van der Waals surface area (Å²) in [6.07, 6.45) is -6.73. The smallest absolute Gasteiger partial charge is 0.386 e. The summed E-state index contributed by atoms with van der Waals surface area (Å²) in [7, 11) is -16.4. The second-order valence-corrected chi connectivity index (χ2v) is 17.5. The Balaban J connectivity index is 1.52. The summed E-state index contributed by atoms with van der Waals surface area (Å²) in [6.45, 7) is 0.451. The number of phosphoric ester groups is 3. The molecule has 53 heavy (non-hydrogen) atoms. The number of hydrogen-bond acceptors (Lipinski definition) is 18. The van der Waals surface area contributed by atoms with Gasteiger partial charge in [0.05, 0.1) is 19.5 Å². The van der Waals surface area contributed by atoms with E-state index in [0.29, 0.717) is 5.75 Å². The molecule has 0 spiro atoms. The molecule has 3 rings (SSSR count). The average molecular weight is 858 g/mol. The number of ether oxygens (including phenoxy) is 1. The van der Waals surface area contributed by atoms with Crippen LogP contribution in [0.2, 0.25) is 0 Å². The lowest BCUT2D eigenvalue weighted by atomic mass is 9.87. The van der Waals surface area contributed by atoms with Crippen LogP contribution in [0.3, 0.4) is 0 Å². The lowest BCUT2D eigenvalue weighted by Gasteiger charge is -2.30. The first-order chi connectivity index (χ1) is 24.6. The van der Waals surface area contributed by atoms with Gasteiger partial charge in [0.15, 0.2) is 22.8 Å². The van der Waals surface area contributed by atoms with E-state index in [1.807, 2.05) is 0 Å². The molecule has 10 N–H and O–H groups in total. The molecule has 7 unspecified atom stereocenters. The van der Waals surface area contributed by atoms with Crippen LogP contribution in [0.15, 0.2) is 12.7 Å². The van der Waals surface area contributed by atoms with Crippen molar-refractivity contribution in [2.75, 3.05) is 43.7 Å². The van der Waals surface area contributed by atoms with Gasteiger partial charge in [-0.3, -0.25) is 32.5 Å². The van der Waals surface area contributed by atoms with E-state index in [-0.39, 0.29) is 53.9 Å². The van der Waals surface area contributed by atoms with Crippen molar-refractivity contribution in [2.45, 2.75) is 57.3 Å². The number of aromatic nitrogens is 4. The zero-order valence-corrected chi connectivity index (χ0v) is 32.1. The second-order valence-electron chi connectivity index (χ2n) is 11.7. The molecule has 1 aliphatic rings. The number of aliphatic hydroxyl groups excluding tert-OH is 2. The van der Waals surface area contributed by atoms with Crippen LogP contribution in [0, 0.1) is 5.41 Å². The normalized spacial score (nSPS) is 22.2. The van der Waals surface area contributed by atoms with Gasteiger partial charge in [0, 0.05) is 43.0 Å². The minimum Gasteiger partial charge on any atom is -0.386 e. The first-order valence-corrected chi connectivity index (χ1v) is 21.2. The number of phosphoric acid groups is 3. The summed E-state index contributed by atoms with van der Waals surface area (Å²) in [6, 6.07) is 0. The molecule has 1 aliphatic heterocycles. The maximum atomic E-state index is 12.6. The highest BCUT2D eigenvalue weighted by molar-refractivity contribution is 8.13. The lowest BCUT2D eigenvalue weighted by Crippen LogP contribution is -2.46. The van der Waals surface area contributed by atoms with E-state index in [2.05, 4.69) is 34.4 Å². The highest BCUT2D eigenvalue weighted by Gasteiger charge is 2.50. The molecule has 0 saturated carbocycles. The number of nitrogens with two attached hydrogens (primary N) is 1. The number of nitrogens with zero attached hydrogens (tertiary/aromatic N) is 4. The van der Waals surface area contributed by atoms with Crippen LogP contribution >= 0.6 is 46.8 Å². The zero-order valence-electron chi connectivity index (χ0n) is 27.9. The van der Waals surface area contributed by atoms with E-state index in [4.69, 9.17) is 31.1 Å². The summed E-state index contributed by atoms with van der Waals surface area (Å²) >= 11 is 6.49. The lowest BCUT2D eigenvalue weighted by molar-refractivity contribution is -0.137. The second kappa shape index (κ2) is 19.1. The molecule has 0 radical (unpaired) electrons. The van der Waals surface area contributed by atoms with Crippen LogP contribution < -0.4 is 16.4 Å². The van der Waals surface area contributed by atoms with Gasteiger partial charge in [-0.15, -0.1) is 11.6 Å². The molecule has 3 heterocycles. The molecule has 2 amide bonds. The number of anilines is 1. The number of alkyl halides is 1. The third kappa shape index (κ3) is 13.8. The molecule has 0 bridgehead atoms. The van der Waals surface area contributed by atoms with Crippen molar-refractivity contribution in [3.05, 3.63) is 12.7 Å². The summed E-state index contributed by atoms with van der Waals surface area (Å²) in [4.78, 5) is 86.7. The van der Waals surface area contributed by atoms with Crippen LogP contribution in [0.4, 0.5) is 5.82 Å². The SMILES string of the molecule is CC(C)(COP(=O)(O)OP(=O)(O)OCC1OC(n2cnc3c(N)ncnc32)C(O)C1OP(=O)(O)O)C(O)C(=O)NCCC(=O)NCCSC(=O)CCCl. The van der Waals surface area contributed by atoms with E-state index in [0.717, 1.165) is 29.0 Å². The fourth-order valence-corrected chi connectivity index (χ4v) is 8.24. The number of imidazole rings is 1. The number of carbonyl (C=O) groups excluding carboxylic acids is 3. The minimum atomic E-state index is -5.57. The number of rotatable bonds is 21. The highest BCUT2D eigenvalue weighted by Crippen LogP contribution is 2.61. The van der Waals surface area contributed by atoms with Crippen LogP contribution in [-0.4, -0.2) is 129 Å². The van der Waals surface area contributed by atoms with Gasteiger partial charge in [-0.05, 0) is 0 Å². The van der Waals surface area contributed by atoms with Crippen molar-refractivity contribution in [1.29, 1.82) is 0 Å². The van der Waals surface area contributed by atoms with E-state index < -0.39 is 84.6 Å². The van der Waals surface area contributed by atoms with Crippen LogP contribution in [0.1, 0.15) is 32.9 Å². The average Bonchev–Trinajstić information content (AvgIpc) is 3.61. The Labute approximate surface area is 309 Å². The molecule has 0 aromatic carbocycles. The summed E-state index contributed by atoms with van der Waals surface area (Å²) < 4.78 is 61.9. The molecule has 1 saturated heterocycles. The van der Waals surface area contributed by atoms with Gasteiger partial charge in [-0.2, -0.15) is 4.31 Å². The number of aliphatic hydroxyl groups is 2. The number of fused-ring (bicyclic) bond motifs is 1. The molecule has 29 heteroatoms. The van der Waals surface area contributed by atoms with Crippen LogP contribution in [0.5, 0.6) is 0 Å². The summed E-state index contributed by atoms with van der Waals surface area (Å²) in [5.74, 6) is -0.964. The molecular weight excluding hydrogens is 819 g/mol. The Morgan fingerprint density at radius 1 is 1.08 bits per heavy atom. The van der Waals surface area contributed by atoms with E-state index in [1.165, 1.54) is 13.8 Å². The third-order valence-corrected chi connectivity index (χ3v) is 11.3. The molecule has 2 aromatic rings. The number of hydrogen-bond donors (Lipinski definition) is 9. The molecule has 2 aromatic heterocycles. The van der Waals surface area contributed by atoms with Crippen molar-refractivity contribution in [1.82, 2.24) is 30.2 Å². The van der Waals surface area contributed by atoms with Gasteiger partial charge < -0.3 is 50.9 Å². The standard InChI is InChI=1S/C24H39ClN7O17P3S/c1-24(2,19(36)22(37)28-6-4-14(33)27-7-8-53-15(34)3-5-25)10-46-52(43,44)49-51(41,42)45-9-13-18(48-50(38,39)40)17(35)23(47-13)32-12-31-16-20(26)29-11-30-21(16)32/h11-13,17-19,23,35-36H,3-10H2,1-2H3,(H,27,33)(H,28,37)(H,41,42)(H,43,44)(H2,26,29,30)(H2,38,39,40). The van der Waals surface area contributed by atoms with E-state index in [9.17, 15) is 57.9 Å². The maximum Gasteiger partial charge on any atom is 0.481 e. The molecule has 0 aliphatic carbocycles. The number of carbonyl (C=O) groups is 3. The largest absolute Gasteiger partial charge is 0.481 e. The Morgan fingerprint density at radius 2 is 1.75 bits per heavy atom. The number of nitrogen functional groups attached to an aromatic ring is 1. The Kier molecular flexibility index (Phi) is 16.3. The van der Waals surface area contributed by atoms with Crippen molar-refractivity contribution < 1.29 is 80.5 Å². The molecule has 24 nitrogen and oxygen atoms in total. The number of thioether (sulfide) groups is 1. The van der Waals surface area contributed by atoms with Gasteiger partial charge in [-0.1, -0.05) is 25.6 Å². The Bertz CT molecular complexity index is 1750. The summed E-state index contributed by atoms with van der Waals surface area (Å²) in [5, 5.41) is 26.1. The first-order valence-electron chi connectivity index (χ1n) is 15.2. The van der Waals surface area contributed by atoms with Gasteiger partial charge >= 0.3 is 23.5 Å². The zero-order chi connectivity index (χ0) is 39.8. The van der Waals surface area contributed by atoms with Crippen LogP contribution in [-0.2, 0) is 50.7 Å². The summed E-state index contributed by atoms with van der Waals surface area (Å²) in [5.41, 5.74) is 4.25. The van der Waals surface area contributed by atoms with Crippen molar-refractivity contribution in [2.24, 2.45) is 5.41 Å². The Morgan fingerprint density at radius 3 is 2.42 bits per heavy atom. The first kappa shape index (κ1) is 45.2. The van der Waals surface area contributed by atoms with Crippen molar-refractivity contribution in [3.8, 4) is 0 Å². The van der Waals surface area contributed by atoms with E-state index in [1.54, 1.807) is 0 Å². The minimum absolute atomic E-state index is 0.0287. The van der Waals surface area contributed by atoms with Crippen molar-refractivity contribution >= 4 is 80.7 Å². The molecule has 1 fully saturated rings. The predicted octanol–water partition coefficient (Wildman–Crippen LogP) is -0.706. The predicted molar refractivity (Wildman–Crippen MR) is 182 cm³/mol. The van der Waals surface area contributed by atoms with Crippen LogP contribution in [0.25, 0.3) is 11.2 Å². The Hall–Kier alpha value is -2.15. The van der Waals surface area contributed by atoms with Crippen molar-refractivity contribution in [3.63, 3.8) is 0 Å². The third-order valence-electron chi connectivity index (χ3n) is 7.06. The fraction of sp³-hybridized carbons (Fsp3) is 0.667. The molecule has 7 atom stereocenters. The van der Waals surface area contributed by atoms with Gasteiger partial charge in [0.2, 0.25) is 11.8 Å². The van der Waals surface area contributed by atoms with Gasteiger partial charge in [-0.25, -0.2) is 28.6 Å². The maximum absolute atomic E-state index is 12.6. The quantitative estimate of drug-likeness (QED) is 0.0425. The number of halogens is 1. The molecular formula is C24H39ClN7O17P3S. The van der Waals surface area contributed by atoms with E-state index >= 15 is 0 Å². The topological polar surface area (TPSA) is 364 Å². The molecule has 300 valence electrons. The number of amides is 2. The highest BCUT2D eigenvalue weighted by atomic mass is 35.5. The fourth-order valence-electron chi connectivity index (χ4n) is 4.44. The number of nitrogens with one attached hydrogen (secondary N) is 2. The van der Waals surface area contributed by atoms with Gasteiger partial charge in [0.1, 0.15) is 36.3 Å². The monoisotopic (exact) mass is 857 g/mol. The van der Waals surface area contributed by atoms with Gasteiger partial charge in [0.25, 0.3) is 0 Å².